The average Bonchev–Trinajstić information content (AvgIpc) is 2.62. The Balaban J connectivity index is 1.94. The van der Waals surface area contributed by atoms with Crippen LogP contribution in [0.1, 0.15) is 13.8 Å². The van der Waals surface area contributed by atoms with E-state index in [2.05, 4.69) is 0 Å². The molecule has 6 heteroatoms. The van der Waals surface area contributed by atoms with E-state index in [9.17, 15) is 14.7 Å². The molecule has 1 atom stereocenters. The number of phenols is 1. The van der Waals surface area contributed by atoms with Gasteiger partial charge in [0.15, 0.2) is 11.5 Å². The van der Waals surface area contributed by atoms with Crippen LogP contribution < -0.4 is 10.2 Å². The molecule has 0 aliphatic rings. The van der Waals surface area contributed by atoms with Crippen LogP contribution in [0.2, 0.25) is 0 Å². The first-order valence-corrected chi connectivity index (χ1v) is 8.18. The maximum Gasteiger partial charge on any atom is 0.347 e. The highest BCUT2D eigenvalue weighted by molar-refractivity contribution is 5.83. The molecule has 2 aromatic carbocycles. The molecule has 0 aliphatic carbocycles. The van der Waals surface area contributed by atoms with E-state index in [-0.39, 0.29) is 17.8 Å². The van der Waals surface area contributed by atoms with Gasteiger partial charge in [0, 0.05) is 6.07 Å². The fourth-order valence-corrected chi connectivity index (χ4v) is 2.57. The minimum absolute atomic E-state index is 0.0682. The summed E-state index contributed by atoms with van der Waals surface area (Å²) in [5.74, 6) is -0.00158. The summed E-state index contributed by atoms with van der Waals surface area (Å²) in [5.41, 5.74) is 1.04. The maximum absolute atomic E-state index is 12.7. The monoisotopic (exact) mass is 354 g/mol. The van der Waals surface area contributed by atoms with E-state index in [0.29, 0.717) is 27.8 Å². The first-order chi connectivity index (χ1) is 12.5. The number of aromatic hydroxyl groups is 1. The number of rotatable bonds is 5. The summed E-state index contributed by atoms with van der Waals surface area (Å²) in [5, 5.41) is 9.97. The molecule has 134 valence electrons. The summed E-state index contributed by atoms with van der Waals surface area (Å²) >= 11 is 0. The number of hydrogen-bond acceptors (Lipinski definition) is 6. The van der Waals surface area contributed by atoms with Crippen molar-refractivity contribution in [2.45, 2.75) is 20.0 Å². The smallest absolute Gasteiger partial charge is 0.347 e. The molecule has 0 bridgehead atoms. The molecular formula is C20H18O6. The Kier molecular flexibility index (Phi) is 4.93. The number of ether oxygens (including phenoxy) is 2. The molecule has 6 nitrogen and oxygen atoms in total. The van der Waals surface area contributed by atoms with Crippen molar-refractivity contribution in [1.29, 1.82) is 0 Å². The van der Waals surface area contributed by atoms with Crippen molar-refractivity contribution in [3.63, 3.8) is 0 Å². The predicted octanol–water partition coefficient (Wildman–Crippen LogP) is 3.50. The largest absolute Gasteiger partial charge is 0.508 e. The lowest BCUT2D eigenvalue weighted by Crippen LogP contribution is -2.26. The van der Waals surface area contributed by atoms with Crippen LogP contribution in [0.15, 0.2) is 57.9 Å². The van der Waals surface area contributed by atoms with Gasteiger partial charge in [-0.1, -0.05) is 12.1 Å². The molecule has 3 aromatic rings. The van der Waals surface area contributed by atoms with Crippen molar-refractivity contribution in [2.75, 3.05) is 6.61 Å². The quantitative estimate of drug-likeness (QED) is 0.706. The molecule has 0 aliphatic heterocycles. The van der Waals surface area contributed by atoms with Crippen molar-refractivity contribution < 1.29 is 23.8 Å². The normalized spacial score (nSPS) is 11.9. The second-order valence-corrected chi connectivity index (χ2v) is 5.70. The third kappa shape index (κ3) is 3.54. The van der Waals surface area contributed by atoms with Gasteiger partial charge in [-0.15, -0.1) is 0 Å². The molecule has 26 heavy (non-hydrogen) atoms. The first-order valence-electron chi connectivity index (χ1n) is 8.18. The number of fused-ring (bicyclic) bond motifs is 1. The van der Waals surface area contributed by atoms with E-state index in [1.54, 1.807) is 44.2 Å². The molecule has 0 saturated heterocycles. The summed E-state index contributed by atoms with van der Waals surface area (Å²) in [6.45, 7) is 3.58. The van der Waals surface area contributed by atoms with Gasteiger partial charge in [-0.2, -0.15) is 0 Å². The van der Waals surface area contributed by atoms with Crippen molar-refractivity contribution in [3.8, 4) is 22.6 Å². The van der Waals surface area contributed by atoms with Gasteiger partial charge in [0.2, 0.25) is 0 Å². The zero-order valence-electron chi connectivity index (χ0n) is 14.4. The minimum atomic E-state index is -0.773. The van der Waals surface area contributed by atoms with E-state index < -0.39 is 12.1 Å². The van der Waals surface area contributed by atoms with Crippen molar-refractivity contribution in [2.24, 2.45) is 0 Å². The molecule has 3 rings (SSSR count). The third-order valence-electron chi connectivity index (χ3n) is 3.83. The van der Waals surface area contributed by atoms with Crippen molar-refractivity contribution >= 4 is 16.9 Å². The molecule has 0 radical (unpaired) electrons. The summed E-state index contributed by atoms with van der Waals surface area (Å²) < 4.78 is 16.0. The van der Waals surface area contributed by atoms with Gasteiger partial charge in [-0.05, 0) is 43.7 Å². The lowest BCUT2D eigenvalue weighted by Gasteiger charge is -2.13. The van der Waals surface area contributed by atoms with Gasteiger partial charge < -0.3 is 19.0 Å². The molecule has 1 aromatic heterocycles. The Hall–Kier alpha value is -3.28. The summed E-state index contributed by atoms with van der Waals surface area (Å²) in [4.78, 5) is 24.4. The van der Waals surface area contributed by atoms with E-state index in [1.807, 2.05) is 0 Å². The predicted molar refractivity (Wildman–Crippen MR) is 96.3 cm³/mol. The number of phenolic OH excluding ortho intramolecular Hbond substituents is 1. The van der Waals surface area contributed by atoms with Gasteiger partial charge in [0.1, 0.15) is 23.3 Å². The van der Waals surface area contributed by atoms with Crippen LogP contribution in [0.25, 0.3) is 22.1 Å². The second kappa shape index (κ2) is 7.31. The number of benzene rings is 2. The third-order valence-corrected chi connectivity index (χ3v) is 3.83. The highest BCUT2D eigenvalue weighted by Gasteiger charge is 2.17. The topological polar surface area (TPSA) is 86.0 Å². The van der Waals surface area contributed by atoms with Gasteiger partial charge in [-0.25, -0.2) is 4.79 Å². The van der Waals surface area contributed by atoms with E-state index in [1.165, 1.54) is 18.4 Å². The molecule has 0 spiro atoms. The van der Waals surface area contributed by atoms with Crippen LogP contribution in [0.5, 0.6) is 11.5 Å². The Morgan fingerprint density at radius 3 is 2.77 bits per heavy atom. The molecular weight excluding hydrogens is 336 g/mol. The zero-order valence-corrected chi connectivity index (χ0v) is 14.4. The molecule has 0 fully saturated rings. The van der Waals surface area contributed by atoms with Crippen LogP contribution in [-0.2, 0) is 9.53 Å². The highest BCUT2D eigenvalue weighted by atomic mass is 16.6. The van der Waals surface area contributed by atoms with Crippen molar-refractivity contribution in [3.05, 3.63) is 59.0 Å². The number of esters is 1. The van der Waals surface area contributed by atoms with E-state index in [0.717, 1.165) is 0 Å². The van der Waals surface area contributed by atoms with E-state index >= 15 is 0 Å². The Morgan fingerprint density at radius 1 is 1.23 bits per heavy atom. The minimum Gasteiger partial charge on any atom is -0.508 e. The first kappa shape index (κ1) is 17.5. The van der Waals surface area contributed by atoms with Crippen LogP contribution in [-0.4, -0.2) is 23.8 Å². The van der Waals surface area contributed by atoms with Crippen LogP contribution >= 0.6 is 0 Å². The SMILES string of the molecule is CCOC(=O)C(C)Oc1ccc2c(=O)c(-c3cccc(O)c3)coc2c1. The average molecular weight is 354 g/mol. The second-order valence-electron chi connectivity index (χ2n) is 5.70. The van der Waals surface area contributed by atoms with Gasteiger partial charge in [0.05, 0.1) is 17.6 Å². The number of carbonyl (C=O) groups is 1. The Labute approximate surface area is 149 Å². The fraction of sp³-hybridized carbons (Fsp3) is 0.200. The van der Waals surface area contributed by atoms with Crippen molar-refractivity contribution in [1.82, 2.24) is 0 Å². The van der Waals surface area contributed by atoms with Gasteiger partial charge in [0.25, 0.3) is 0 Å². The molecule has 1 heterocycles. The summed E-state index contributed by atoms with van der Waals surface area (Å²) in [6.07, 6.45) is 0.573. The zero-order chi connectivity index (χ0) is 18.7. The van der Waals surface area contributed by atoms with Crippen LogP contribution in [0.4, 0.5) is 0 Å². The van der Waals surface area contributed by atoms with E-state index in [4.69, 9.17) is 13.9 Å². The van der Waals surface area contributed by atoms with Gasteiger partial charge in [-0.3, -0.25) is 4.79 Å². The lowest BCUT2D eigenvalue weighted by molar-refractivity contribution is -0.150. The lowest BCUT2D eigenvalue weighted by atomic mass is 10.1. The summed E-state index contributed by atoms with van der Waals surface area (Å²) in [7, 11) is 0. The molecule has 1 unspecified atom stereocenters. The van der Waals surface area contributed by atoms with Gasteiger partial charge >= 0.3 is 5.97 Å². The van der Waals surface area contributed by atoms with Crippen LogP contribution in [0, 0.1) is 0 Å². The highest BCUT2D eigenvalue weighted by Crippen LogP contribution is 2.25. The Morgan fingerprint density at radius 2 is 2.04 bits per heavy atom. The van der Waals surface area contributed by atoms with Crippen LogP contribution in [0.3, 0.4) is 0 Å². The number of hydrogen-bond donors (Lipinski definition) is 1. The molecule has 1 N–H and O–H groups in total. The molecule has 0 saturated carbocycles. The number of carbonyl (C=O) groups excluding carboxylic acids is 1. The Bertz CT molecular complexity index is 1000. The standard InChI is InChI=1S/C20H18O6/c1-3-24-20(23)12(2)26-15-7-8-16-18(10-15)25-11-17(19(16)22)13-5-4-6-14(21)9-13/h4-12,21H,3H2,1-2H3. The summed E-state index contributed by atoms with van der Waals surface area (Å²) in [6, 6.07) is 11.1. The maximum atomic E-state index is 12.7. The fourth-order valence-electron chi connectivity index (χ4n) is 2.57. The molecule has 0 amide bonds.